The summed E-state index contributed by atoms with van der Waals surface area (Å²) in [5.41, 5.74) is 4.21. The van der Waals surface area contributed by atoms with Crippen molar-refractivity contribution in [3.63, 3.8) is 0 Å². The van der Waals surface area contributed by atoms with E-state index in [1.165, 1.54) is 0 Å². The van der Waals surface area contributed by atoms with Crippen molar-refractivity contribution in [2.24, 2.45) is 0 Å². The van der Waals surface area contributed by atoms with Gasteiger partial charge < -0.3 is 14.4 Å². The fourth-order valence-corrected chi connectivity index (χ4v) is 7.15. The number of thiazole rings is 1. The average Bonchev–Trinajstić information content (AvgIpc) is 3.49. The second kappa shape index (κ2) is 8.81. The van der Waals surface area contributed by atoms with Crippen molar-refractivity contribution in [2.75, 3.05) is 33.9 Å². The Kier molecular flexibility index (Phi) is 5.72. The van der Waals surface area contributed by atoms with Crippen LogP contribution in [0, 0.1) is 0 Å². The zero-order valence-corrected chi connectivity index (χ0v) is 22.2. The Morgan fingerprint density at radius 3 is 2.69 bits per heavy atom. The number of nitrogens with zero attached hydrogens (tertiary/aromatic N) is 5. The predicted octanol–water partition coefficient (Wildman–Crippen LogP) is 4.71. The number of rotatable bonds is 5. The highest BCUT2D eigenvalue weighted by atomic mass is 32.1. The number of likely N-dealkylation sites (tertiary alicyclic amines) is 1. The lowest BCUT2D eigenvalue weighted by Gasteiger charge is -2.44. The summed E-state index contributed by atoms with van der Waals surface area (Å²) in [6, 6.07) is 4.10. The summed E-state index contributed by atoms with van der Waals surface area (Å²) < 4.78 is 13.4. The molecule has 9 heteroatoms. The number of hydrogen-bond donors (Lipinski definition) is 0. The molecule has 2 saturated heterocycles. The third kappa shape index (κ3) is 3.51. The van der Waals surface area contributed by atoms with Gasteiger partial charge in [0.25, 0.3) is 0 Å². The largest absolute Gasteiger partial charge is 0.497 e. The molecular weight excluding hydrogens is 474 g/mol. The Bertz CT molecular complexity index is 1310. The molecule has 0 saturated carbocycles. The minimum Gasteiger partial charge on any atom is -0.497 e. The van der Waals surface area contributed by atoms with Crippen LogP contribution in [0.25, 0.3) is 4.96 Å². The van der Waals surface area contributed by atoms with E-state index in [-0.39, 0.29) is 17.5 Å². The van der Waals surface area contributed by atoms with Gasteiger partial charge in [-0.15, -0.1) is 11.3 Å². The molecule has 190 valence electrons. The van der Waals surface area contributed by atoms with Gasteiger partial charge >= 0.3 is 6.03 Å². The molecule has 0 aliphatic carbocycles. The Morgan fingerprint density at radius 1 is 1.19 bits per heavy atom. The molecule has 1 atom stereocenters. The lowest BCUT2D eigenvalue weighted by atomic mass is 9.82. The Hall–Kier alpha value is -3.04. The number of piperidine rings is 1. The van der Waals surface area contributed by atoms with Crippen molar-refractivity contribution in [3.05, 3.63) is 58.5 Å². The van der Waals surface area contributed by atoms with Gasteiger partial charge in [0.15, 0.2) is 4.96 Å². The highest BCUT2D eigenvalue weighted by Gasteiger charge is 2.54. The number of carbonyl (C=O) groups excluding carboxylic acids is 1. The average molecular weight is 508 g/mol. The van der Waals surface area contributed by atoms with Gasteiger partial charge in [-0.25, -0.2) is 9.78 Å². The number of fused-ring (bicyclic) bond motifs is 4. The number of aromatic nitrogens is 2. The highest BCUT2D eigenvalue weighted by molar-refractivity contribution is 7.15. The quantitative estimate of drug-likeness (QED) is 0.501. The monoisotopic (exact) mass is 507 g/mol. The smallest absolute Gasteiger partial charge is 0.325 e. The van der Waals surface area contributed by atoms with Crippen LogP contribution >= 0.6 is 11.3 Å². The summed E-state index contributed by atoms with van der Waals surface area (Å²) in [7, 11) is 3.37. The number of allylic oxidation sites excluding steroid dienone is 1. The van der Waals surface area contributed by atoms with Crippen LogP contribution in [0.5, 0.6) is 11.5 Å². The first kappa shape index (κ1) is 23.4. The maximum absolute atomic E-state index is 13.8. The van der Waals surface area contributed by atoms with Gasteiger partial charge in [0.1, 0.15) is 11.5 Å². The van der Waals surface area contributed by atoms with Gasteiger partial charge in [0.05, 0.1) is 32.0 Å². The summed E-state index contributed by atoms with van der Waals surface area (Å²) in [6.07, 6.45) is 8.33. The molecule has 2 amide bonds. The second-order valence-corrected chi connectivity index (χ2v) is 10.9. The van der Waals surface area contributed by atoms with E-state index in [1.807, 2.05) is 11.0 Å². The summed E-state index contributed by atoms with van der Waals surface area (Å²) in [5.74, 6) is 1.69. The zero-order chi connectivity index (χ0) is 25.0. The molecule has 2 fully saturated rings. The number of imidazole rings is 1. The van der Waals surface area contributed by atoms with E-state index in [0.29, 0.717) is 13.1 Å². The number of likely N-dealkylation sites (N-methyl/N-ethyl adjacent to an activating group) is 1. The Balaban J connectivity index is 1.30. The normalized spacial score (nSPS) is 21.5. The summed E-state index contributed by atoms with van der Waals surface area (Å²) >= 11 is 1.66. The third-order valence-corrected chi connectivity index (χ3v) is 8.89. The van der Waals surface area contributed by atoms with Gasteiger partial charge in [0, 0.05) is 67.2 Å². The van der Waals surface area contributed by atoms with Crippen molar-refractivity contribution in [2.45, 2.75) is 51.2 Å². The van der Waals surface area contributed by atoms with Crippen LogP contribution in [0.3, 0.4) is 0 Å². The van der Waals surface area contributed by atoms with Crippen molar-refractivity contribution in [1.82, 2.24) is 24.1 Å². The first-order chi connectivity index (χ1) is 17.5. The van der Waals surface area contributed by atoms with E-state index in [1.54, 1.807) is 25.6 Å². The fourth-order valence-electron chi connectivity index (χ4n) is 6.43. The molecule has 1 spiro atoms. The van der Waals surface area contributed by atoms with Crippen molar-refractivity contribution < 1.29 is 14.3 Å². The molecule has 3 aromatic rings. The number of ether oxygens (including phenoxy) is 2. The van der Waals surface area contributed by atoms with Crippen LogP contribution in [-0.2, 0) is 13.1 Å². The molecule has 0 bridgehead atoms. The number of methoxy groups -OCH3 is 2. The fraction of sp³-hybridized carbons (Fsp3) is 0.481. The topological polar surface area (TPSA) is 62.6 Å². The molecule has 0 radical (unpaired) electrons. The Labute approximate surface area is 215 Å². The molecule has 3 aliphatic heterocycles. The molecule has 5 heterocycles. The van der Waals surface area contributed by atoms with Crippen LogP contribution in [0.15, 0.2) is 41.7 Å². The second-order valence-electron chi connectivity index (χ2n) is 9.99. The van der Waals surface area contributed by atoms with Gasteiger partial charge in [-0.05, 0) is 31.4 Å². The molecule has 0 unspecified atom stereocenters. The van der Waals surface area contributed by atoms with E-state index >= 15 is 0 Å². The molecule has 3 aliphatic rings. The first-order valence-electron chi connectivity index (χ1n) is 12.7. The predicted molar refractivity (Wildman–Crippen MR) is 140 cm³/mol. The van der Waals surface area contributed by atoms with Gasteiger partial charge in [0.2, 0.25) is 0 Å². The first-order valence-corrected chi connectivity index (χ1v) is 13.5. The van der Waals surface area contributed by atoms with Gasteiger partial charge in [-0.2, -0.15) is 0 Å². The van der Waals surface area contributed by atoms with Crippen LogP contribution in [0.1, 0.15) is 49.4 Å². The maximum atomic E-state index is 13.8. The standard InChI is InChI=1S/C27H33N5O3S/c1-5-32-26(33)31-15-19-13-21(34-3)14-22(35-4)24(19)18(2)12-23(31)27(32)6-8-29(9-7-27)16-20-17-30-10-11-36-25(30)28-20/h10-14,17-18H,5-9,15-16H2,1-4H3/t18-/m0/s1. The Morgan fingerprint density at radius 2 is 2.00 bits per heavy atom. The number of hydrogen-bond acceptors (Lipinski definition) is 6. The van der Waals surface area contributed by atoms with Crippen molar-refractivity contribution in [1.29, 1.82) is 0 Å². The summed E-state index contributed by atoms with van der Waals surface area (Å²) in [4.78, 5) is 26.2. The zero-order valence-electron chi connectivity index (χ0n) is 21.4. The van der Waals surface area contributed by atoms with Crippen LogP contribution in [0.4, 0.5) is 4.79 Å². The van der Waals surface area contributed by atoms with Crippen molar-refractivity contribution in [3.8, 4) is 11.5 Å². The highest BCUT2D eigenvalue weighted by Crippen LogP contribution is 2.49. The molecule has 36 heavy (non-hydrogen) atoms. The number of benzene rings is 1. The molecule has 8 nitrogen and oxygen atoms in total. The number of urea groups is 1. The van der Waals surface area contributed by atoms with Gasteiger partial charge in [-0.1, -0.05) is 13.0 Å². The van der Waals surface area contributed by atoms with Gasteiger partial charge in [-0.3, -0.25) is 14.2 Å². The number of amides is 2. The van der Waals surface area contributed by atoms with E-state index in [4.69, 9.17) is 14.5 Å². The van der Waals surface area contributed by atoms with E-state index in [9.17, 15) is 4.79 Å². The lowest BCUT2D eigenvalue weighted by Crippen LogP contribution is -2.53. The van der Waals surface area contributed by atoms with E-state index in [0.717, 1.165) is 71.5 Å². The molecule has 1 aromatic carbocycles. The molecular formula is C27H33N5O3S. The SMILES string of the molecule is CCN1C(=O)N2Cc3cc(OC)cc(OC)c3[C@@H](C)C=C2C12CCN(Cc1cn3ccsc3n1)CC2. The van der Waals surface area contributed by atoms with E-state index < -0.39 is 0 Å². The molecule has 0 N–H and O–H groups in total. The van der Waals surface area contributed by atoms with Crippen molar-refractivity contribution >= 4 is 22.3 Å². The summed E-state index contributed by atoms with van der Waals surface area (Å²) in [6.45, 7) is 8.23. The molecule has 6 rings (SSSR count). The molecule has 2 aromatic heterocycles. The minimum absolute atomic E-state index is 0.105. The van der Waals surface area contributed by atoms with Crippen LogP contribution in [-0.4, -0.2) is 69.5 Å². The number of carbonyl (C=O) groups is 1. The minimum atomic E-state index is -0.273. The lowest BCUT2D eigenvalue weighted by molar-refractivity contribution is 0.0882. The maximum Gasteiger partial charge on any atom is 0.325 e. The summed E-state index contributed by atoms with van der Waals surface area (Å²) in [5, 5.41) is 2.06. The van der Waals surface area contributed by atoms with Crippen LogP contribution in [0.2, 0.25) is 0 Å². The third-order valence-electron chi connectivity index (χ3n) is 8.12. The van der Waals surface area contributed by atoms with E-state index in [2.05, 4.69) is 58.0 Å². The van der Waals surface area contributed by atoms with Crippen LogP contribution < -0.4 is 9.47 Å².